The van der Waals surface area contributed by atoms with Crippen molar-refractivity contribution in [3.05, 3.63) is 35.5 Å². The van der Waals surface area contributed by atoms with Crippen LogP contribution in [0.25, 0.3) is 0 Å². The fraction of sp³-hybridized carbons (Fsp3) is 0.818. The van der Waals surface area contributed by atoms with E-state index in [2.05, 4.69) is 64.4 Å². The highest BCUT2D eigenvalue weighted by atomic mass is 32.2. The van der Waals surface area contributed by atoms with E-state index in [4.69, 9.17) is 9.47 Å². The van der Waals surface area contributed by atoms with E-state index in [1.807, 2.05) is 6.08 Å². The van der Waals surface area contributed by atoms with Gasteiger partial charge in [0, 0.05) is 31.7 Å². The number of ether oxygens (including phenoxy) is 2. The zero-order chi connectivity index (χ0) is 38.4. The van der Waals surface area contributed by atoms with E-state index in [0.717, 1.165) is 25.1 Å². The van der Waals surface area contributed by atoms with E-state index in [0.29, 0.717) is 49.1 Å². The summed E-state index contributed by atoms with van der Waals surface area (Å²) in [5, 5.41) is 4.20. The van der Waals surface area contributed by atoms with Crippen molar-refractivity contribution in [3.8, 4) is 0 Å². The van der Waals surface area contributed by atoms with Crippen LogP contribution in [-0.2, 0) is 28.9 Å². The maximum atomic E-state index is 12.8. The van der Waals surface area contributed by atoms with Gasteiger partial charge in [-0.25, -0.2) is 8.42 Å². The number of allylic oxidation sites excluding steroid dienone is 4. The molecule has 8 nitrogen and oxygen atoms in total. The van der Waals surface area contributed by atoms with Gasteiger partial charge in [-0.3, -0.25) is 9.59 Å². The molecule has 1 saturated heterocycles. The summed E-state index contributed by atoms with van der Waals surface area (Å²) in [7, 11) is -0.0740. The molecule has 5 fully saturated rings. The maximum absolute atomic E-state index is 12.8. The highest BCUT2D eigenvalue weighted by molar-refractivity contribution is 7.91. The van der Waals surface area contributed by atoms with Crippen LogP contribution in [-0.4, -0.2) is 82.7 Å². The molecule has 1 aliphatic heterocycles. The van der Waals surface area contributed by atoms with Gasteiger partial charge < -0.3 is 19.7 Å². The number of hydrogen-bond donors (Lipinski definition) is 1. The van der Waals surface area contributed by atoms with E-state index >= 15 is 0 Å². The van der Waals surface area contributed by atoms with Gasteiger partial charge in [0.05, 0.1) is 37.6 Å². The Kier molecular flexibility index (Phi) is 10.1. The summed E-state index contributed by atoms with van der Waals surface area (Å²) in [6.45, 7) is 22.9. The number of hydrogen-bond acceptors (Lipinski definition) is 8. The monoisotopic (exact) mass is 752 g/mol. The Hall–Kier alpha value is -1.97. The van der Waals surface area contributed by atoms with Gasteiger partial charge >= 0.3 is 11.9 Å². The average Bonchev–Trinajstić information content (AvgIpc) is 3.71. The van der Waals surface area contributed by atoms with Crippen LogP contribution in [0.1, 0.15) is 106 Å². The Balaban J connectivity index is 1.14. The Labute approximate surface area is 320 Å². The predicted octanol–water partition coefficient (Wildman–Crippen LogP) is 7.16. The van der Waals surface area contributed by atoms with Gasteiger partial charge in [-0.15, -0.1) is 0 Å². The van der Waals surface area contributed by atoms with Crippen molar-refractivity contribution in [3.63, 3.8) is 0 Å². The molecule has 6 aliphatic carbocycles. The molecule has 0 spiro atoms. The molecule has 0 radical (unpaired) electrons. The van der Waals surface area contributed by atoms with Gasteiger partial charge in [0.15, 0.2) is 9.84 Å². The van der Waals surface area contributed by atoms with Crippen molar-refractivity contribution < 1.29 is 27.5 Å². The molecule has 0 amide bonds. The average molecular weight is 753 g/mol. The van der Waals surface area contributed by atoms with Crippen molar-refractivity contribution in [2.24, 2.45) is 63.1 Å². The molecule has 9 heteroatoms. The Morgan fingerprint density at radius 3 is 2.25 bits per heavy atom. The SMILES string of the molecule is C=C(C)[C@@H]1CC[C@]2(NCCN3CCS(=O)(=O)CC3)CC[C@]3(C)[C@H](CC[C@@H]4[C@@]5(C)CC=C(C6=CC(C(=O)OC)C(C(=O)OC)C6)C(C)(C)[C@@H]5CC[C@]43C)[C@@H]12. The Bertz CT molecular complexity index is 1670. The zero-order valence-electron chi connectivity index (χ0n) is 34.0. The number of carbonyl (C=O) groups is 2. The number of nitrogens with zero attached hydrogens (tertiary/aromatic N) is 1. The van der Waals surface area contributed by atoms with Crippen LogP contribution < -0.4 is 5.32 Å². The van der Waals surface area contributed by atoms with E-state index < -0.39 is 21.7 Å². The second-order valence-corrected chi connectivity index (χ2v) is 22.2. The minimum absolute atomic E-state index is 0.0930. The first kappa shape index (κ1) is 39.3. The van der Waals surface area contributed by atoms with Crippen LogP contribution in [0.2, 0.25) is 0 Å². The minimum Gasteiger partial charge on any atom is -0.469 e. The molecule has 1 heterocycles. The molecule has 7 aliphatic rings. The molecule has 7 rings (SSSR count). The lowest BCUT2D eigenvalue weighted by molar-refractivity contribution is -0.221. The number of fused-ring (bicyclic) bond motifs is 7. The molecular formula is C44H68N2O6S. The summed E-state index contributed by atoms with van der Waals surface area (Å²) >= 11 is 0. The predicted molar refractivity (Wildman–Crippen MR) is 210 cm³/mol. The third-order valence-electron chi connectivity index (χ3n) is 17.6. The fourth-order valence-corrected chi connectivity index (χ4v) is 16.0. The summed E-state index contributed by atoms with van der Waals surface area (Å²) in [6, 6.07) is 0. The maximum Gasteiger partial charge on any atom is 0.313 e. The molecule has 0 aromatic carbocycles. The number of rotatable bonds is 8. The van der Waals surface area contributed by atoms with Crippen LogP contribution in [0.5, 0.6) is 0 Å². The molecule has 0 aromatic heterocycles. The number of nitrogens with one attached hydrogen (secondary N) is 1. The van der Waals surface area contributed by atoms with Crippen molar-refractivity contribution >= 4 is 21.8 Å². The third kappa shape index (κ3) is 6.06. The molecule has 11 atom stereocenters. The van der Waals surface area contributed by atoms with E-state index in [1.54, 1.807) is 0 Å². The van der Waals surface area contributed by atoms with E-state index in [1.165, 1.54) is 76.7 Å². The van der Waals surface area contributed by atoms with Gasteiger partial charge in [0.25, 0.3) is 0 Å². The highest BCUT2D eigenvalue weighted by Gasteiger charge is 2.70. The normalized spacial score (nSPS) is 44.3. The Morgan fingerprint density at radius 2 is 1.58 bits per heavy atom. The van der Waals surface area contributed by atoms with Gasteiger partial charge in [-0.05, 0) is 134 Å². The van der Waals surface area contributed by atoms with Crippen molar-refractivity contribution in [2.75, 3.05) is 51.9 Å². The second-order valence-electron chi connectivity index (χ2n) is 19.9. The second kappa shape index (κ2) is 13.6. The summed E-state index contributed by atoms with van der Waals surface area (Å²) < 4.78 is 34.4. The first-order valence-electron chi connectivity index (χ1n) is 20.8. The highest BCUT2D eigenvalue weighted by Crippen LogP contribution is 2.76. The van der Waals surface area contributed by atoms with Gasteiger partial charge in [0.2, 0.25) is 0 Å². The van der Waals surface area contributed by atoms with Crippen molar-refractivity contribution in [2.45, 2.75) is 111 Å². The molecule has 0 aromatic rings. The van der Waals surface area contributed by atoms with Crippen molar-refractivity contribution in [1.29, 1.82) is 0 Å². The van der Waals surface area contributed by atoms with Gasteiger partial charge in [-0.2, -0.15) is 0 Å². The Morgan fingerprint density at radius 1 is 0.887 bits per heavy atom. The third-order valence-corrected chi connectivity index (χ3v) is 19.2. The fourth-order valence-electron chi connectivity index (χ4n) is 14.8. The van der Waals surface area contributed by atoms with Gasteiger partial charge in [0.1, 0.15) is 0 Å². The number of sulfone groups is 1. The first-order chi connectivity index (χ1) is 24.9. The lowest BCUT2D eigenvalue weighted by Gasteiger charge is -2.72. The van der Waals surface area contributed by atoms with E-state index in [-0.39, 0.29) is 50.6 Å². The summed E-state index contributed by atoms with van der Waals surface area (Å²) in [5.74, 6) is 1.63. The zero-order valence-corrected chi connectivity index (χ0v) is 34.8. The summed E-state index contributed by atoms with van der Waals surface area (Å²) in [5.41, 5.74) is 4.46. The van der Waals surface area contributed by atoms with Crippen molar-refractivity contribution in [1.82, 2.24) is 10.2 Å². The largest absolute Gasteiger partial charge is 0.469 e. The summed E-state index contributed by atoms with van der Waals surface area (Å²) in [4.78, 5) is 28.0. The lowest BCUT2D eigenvalue weighted by atomic mass is 9.33. The molecule has 296 valence electrons. The topological polar surface area (TPSA) is 102 Å². The number of methoxy groups -OCH3 is 2. The van der Waals surface area contributed by atoms with Crippen LogP contribution >= 0.6 is 0 Å². The van der Waals surface area contributed by atoms with Crippen LogP contribution in [0.15, 0.2) is 35.5 Å². The number of carbonyl (C=O) groups excluding carboxylic acids is 2. The molecule has 0 bridgehead atoms. The molecule has 1 N–H and O–H groups in total. The molecular weight excluding hydrogens is 685 g/mol. The van der Waals surface area contributed by atoms with E-state index in [9.17, 15) is 18.0 Å². The standard InChI is InChI=1S/C44H68N2O6S/c1-28(2)30-12-17-44(45-20-21-46-22-24-53(49,50)25-23-46)19-18-42(6)34(37(30)44)10-11-36-41(5)15-13-33(40(3,4)35(41)14-16-43(36,42)7)29-26-31(38(47)51-8)32(27-29)39(48)52-9/h13,26,30-32,34-37,45H,1,10-12,14-25,27H2,2-9H3/t30-,31?,32?,34+,35-,36+,37+,41-,42+,43+,44-/m0/s1. The molecule has 53 heavy (non-hydrogen) atoms. The van der Waals surface area contributed by atoms with Crippen LogP contribution in [0, 0.1) is 63.1 Å². The van der Waals surface area contributed by atoms with Crippen LogP contribution in [0.3, 0.4) is 0 Å². The molecule has 4 saturated carbocycles. The quantitative estimate of drug-likeness (QED) is 0.206. The lowest BCUT2D eigenvalue weighted by Crippen LogP contribution is -2.68. The molecule has 2 unspecified atom stereocenters. The van der Waals surface area contributed by atoms with Gasteiger partial charge in [-0.1, -0.05) is 58.9 Å². The smallest absolute Gasteiger partial charge is 0.313 e. The summed E-state index contributed by atoms with van der Waals surface area (Å²) in [6.07, 6.45) is 15.9. The van der Waals surface area contributed by atoms with Crippen LogP contribution in [0.4, 0.5) is 0 Å². The number of esters is 2. The minimum atomic E-state index is -2.87. The first-order valence-corrected chi connectivity index (χ1v) is 22.6.